The Morgan fingerprint density at radius 2 is 2.00 bits per heavy atom. The summed E-state index contributed by atoms with van der Waals surface area (Å²) < 4.78 is 11.9. The van der Waals surface area contributed by atoms with Gasteiger partial charge in [0.25, 0.3) is 5.91 Å². The molecule has 0 atom stereocenters. The Kier molecular flexibility index (Phi) is 6.06. The maximum Gasteiger partial charge on any atom is 0.325 e. The van der Waals surface area contributed by atoms with E-state index in [0.29, 0.717) is 17.9 Å². The van der Waals surface area contributed by atoms with Crippen LogP contribution in [-0.4, -0.2) is 36.4 Å². The van der Waals surface area contributed by atoms with Crippen molar-refractivity contribution in [2.45, 2.75) is 13.5 Å². The van der Waals surface area contributed by atoms with Crippen molar-refractivity contribution >= 4 is 29.0 Å². The number of nitrogens with one attached hydrogen (secondary N) is 1. The molecule has 0 bridgehead atoms. The van der Waals surface area contributed by atoms with E-state index in [9.17, 15) is 9.59 Å². The van der Waals surface area contributed by atoms with E-state index in [1.165, 1.54) is 0 Å². The molecule has 0 saturated carbocycles. The van der Waals surface area contributed by atoms with Crippen LogP contribution in [0.15, 0.2) is 59.8 Å². The van der Waals surface area contributed by atoms with Crippen molar-refractivity contribution in [2.24, 2.45) is 5.10 Å². The van der Waals surface area contributed by atoms with Gasteiger partial charge >= 0.3 is 5.97 Å². The molecule has 0 saturated heterocycles. The third-order valence-corrected chi connectivity index (χ3v) is 4.13. The number of benzene rings is 2. The summed E-state index contributed by atoms with van der Waals surface area (Å²) in [5.74, 6) is -0.0536. The topological polar surface area (TPSA) is 81.9 Å². The maximum atomic E-state index is 12.2. The molecule has 1 aromatic heterocycles. The summed E-state index contributed by atoms with van der Waals surface area (Å²) in [7, 11) is 1.54. The summed E-state index contributed by atoms with van der Waals surface area (Å²) >= 11 is 0. The molecule has 2 aromatic carbocycles. The summed E-state index contributed by atoms with van der Waals surface area (Å²) in [6.45, 7) is 2.22. The summed E-state index contributed by atoms with van der Waals surface area (Å²) in [5.41, 5.74) is 4.62. The molecule has 0 radical (unpaired) electrons. The molecular weight excluding hydrogens is 358 g/mol. The lowest BCUT2D eigenvalue weighted by Gasteiger charge is -2.04. The van der Waals surface area contributed by atoms with E-state index < -0.39 is 0 Å². The van der Waals surface area contributed by atoms with E-state index in [0.717, 1.165) is 16.5 Å². The lowest BCUT2D eigenvalue weighted by molar-refractivity contribution is -0.143. The summed E-state index contributed by atoms with van der Waals surface area (Å²) in [4.78, 5) is 24.1. The Hall–Kier alpha value is -3.61. The number of hydrazone groups is 1. The highest BCUT2D eigenvalue weighted by Crippen LogP contribution is 2.20. The first-order valence-corrected chi connectivity index (χ1v) is 8.83. The van der Waals surface area contributed by atoms with E-state index in [1.807, 2.05) is 30.5 Å². The normalized spacial score (nSPS) is 10.9. The van der Waals surface area contributed by atoms with Gasteiger partial charge in [0.1, 0.15) is 12.3 Å². The van der Waals surface area contributed by atoms with Crippen molar-refractivity contribution in [1.82, 2.24) is 9.99 Å². The van der Waals surface area contributed by atoms with Gasteiger partial charge in [-0.2, -0.15) is 5.10 Å². The van der Waals surface area contributed by atoms with Crippen LogP contribution in [0.1, 0.15) is 22.8 Å². The second kappa shape index (κ2) is 8.85. The molecule has 7 nitrogen and oxygen atoms in total. The van der Waals surface area contributed by atoms with Crippen LogP contribution in [0.3, 0.4) is 0 Å². The molecular formula is C21H21N3O4. The van der Waals surface area contributed by atoms with Gasteiger partial charge in [-0.1, -0.05) is 24.3 Å². The molecule has 1 heterocycles. The number of aromatic nitrogens is 1. The molecule has 0 spiro atoms. The SMILES string of the molecule is CCOC(=O)Cn1cc(/C=N\NC(=O)c2cccc(OC)c2)c2ccccc21. The number of hydrogen-bond acceptors (Lipinski definition) is 5. The van der Waals surface area contributed by atoms with Crippen LogP contribution < -0.4 is 10.2 Å². The second-order valence-electron chi connectivity index (χ2n) is 5.97. The molecule has 0 aliphatic carbocycles. The number of carbonyl (C=O) groups is 2. The second-order valence-corrected chi connectivity index (χ2v) is 5.97. The van der Waals surface area contributed by atoms with Gasteiger partial charge in [-0.25, -0.2) is 5.43 Å². The molecule has 3 aromatic rings. The molecule has 28 heavy (non-hydrogen) atoms. The number of para-hydroxylation sites is 1. The van der Waals surface area contributed by atoms with E-state index in [-0.39, 0.29) is 18.4 Å². The van der Waals surface area contributed by atoms with Gasteiger partial charge in [0.05, 0.1) is 19.9 Å². The molecule has 144 valence electrons. The Morgan fingerprint density at radius 3 is 2.79 bits per heavy atom. The minimum Gasteiger partial charge on any atom is -0.497 e. The van der Waals surface area contributed by atoms with Crippen LogP contribution >= 0.6 is 0 Å². The molecule has 0 unspecified atom stereocenters. The van der Waals surface area contributed by atoms with Crippen LogP contribution in [0.2, 0.25) is 0 Å². The quantitative estimate of drug-likeness (QED) is 0.389. The summed E-state index contributed by atoms with van der Waals surface area (Å²) in [6, 6.07) is 14.5. The van der Waals surface area contributed by atoms with Crippen molar-refractivity contribution < 1.29 is 19.1 Å². The van der Waals surface area contributed by atoms with Crippen molar-refractivity contribution in [3.8, 4) is 5.75 Å². The molecule has 0 aliphatic heterocycles. The summed E-state index contributed by atoms with van der Waals surface area (Å²) in [6.07, 6.45) is 3.37. The first-order chi connectivity index (χ1) is 13.6. The van der Waals surface area contributed by atoms with E-state index in [1.54, 1.807) is 49.1 Å². The Morgan fingerprint density at radius 1 is 1.18 bits per heavy atom. The zero-order valence-electron chi connectivity index (χ0n) is 15.7. The molecule has 3 rings (SSSR count). The zero-order valence-corrected chi connectivity index (χ0v) is 15.7. The fourth-order valence-electron chi connectivity index (χ4n) is 2.84. The van der Waals surface area contributed by atoms with Crippen LogP contribution in [-0.2, 0) is 16.1 Å². The van der Waals surface area contributed by atoms with Crippen molar-refractivity contribution in [2.75, 3.05) is 13.7 Å². The summed E-state index contributed by atoms with van der Waals surface area (Å²) in [5, 5.41) is 4.98. The van der Waals surface area contributed by atoms with Gasteiger partial charge < -0.3 is 14.0 Å². The van der Waals surface area contributed by atoms with Gasteiger partial charge in [0, 0.05) is 28.2 Å². The van der Waals surface area contributed by atoms with Crippen molar-refractivity contribution in [1.29, 1.82) is 0 Å². The number of methoxy groups -OCH3 is 1. The van der Waals surface area contributed by atoms with Crippen LogP contribution in [0, 0.1) is 0 Å². The van der Waals surface area contributed by atoms with Gasteiger partial charge in [-0.15, -0.1) is 0 Å². The third kappa shape index (κ3) is 4.37. The smallest absolute Gasteiger partial charge is 0.325 e. The molecule has 1 N–H and O–H groups in total. The standard InChI is InChI=1S/C21H21N3O4/c1-3-28-20(25)14-24-13-16(18-9-4-5-10-19(18)24)12-22-23-21(26)15-7-6-8-17(11-15)27-2/h4-13H,3,14H2,1-2H3,(H,23,26)/b22-12-. The highest BCUT2D eigenvalue weighted by atomic mass is 16.5. The fraction of sp³-hybridized carbons (Fsp3) is 0.190. The lowest BCUT2D eigenvalue weighted by atomic mass is 10.2. The number of hydrogen-bond donors (Lipinski definition) is 1. The number of nitrogens with zero attached hydrogens (tertiary/aromatic N) is 2. The predicted molar refractivity (Wildman–Crippen MR) is 107 cm³/mol. The number of rotatable bonds is 7. The van der Waals surface area contributed by atoms with Crippen LogP contribution in [0.5, 0.6) is 5.75 Å². The number of ether oxygens (including phenoxy) is 2. The molecule has 1 amide bonds. The Bertz CT molecular complexity index is 1020. The first kappa shape index (κ1) is 19.2. The highest BCUT2D eigenvalue weighted by molar-refractivity contribution is 6.01. The molecule has 0 aliphatic rings. The van der Waals surface area contributed by atoms with E-state index in [2.05, 4.69) is 10.5 Å². The van der Waals surface area contributed by atoms with Crippen molar-refractivity contribution in [3.63, 3.8) is 0 Å². The average molecular weight is 379 g/mol. The molecule has 7 heteroatoms. The number of esters is 1. The Balaban J connectivity index is 1.78. The fourth-order valence-corrected chi connectivity index (χ4v) is 2.84. The van der Waals surface area contributed by atoms with E-state index in [4.69, 9.17) is 9.47 Å². The number of amides is 1. The largest absolute Gasteiger partial charge is 0.497 e. The predicted octanol–water partition coefficient (Wildman–Crippen LogP) is 2.98. The van der Waals surface area contributed by atoms with Crippen molar-refractivity contribution in [3.05, 3.63) is 65.9 Å². The van der Waals surface area contributed by atoms with Crippen LogP contribution in [0.4, 0.5) is 0 Å². The number of fused-ring (bicyclic) bond motifs is 1. The van der Waals surface area contributed by atoms with Gasteiger partial charge in [-0.05, 0) is 31.2 Å². The van der Waals surface area contributed by atoms with Gasteiger partial charge in [0.2, 0.25) is 0 Å². The minimum absolute atomic E-state index is 0.109. The third-order valence-electron chi connectivity index (χ3n) is 4.13. The number of carbonyl (C=O) groups excluding carboxylic acids is 2. The zero-order chi connectivity index (χ0) is 19.9. The van der Waals surface area contributed by atoms with Gasteiger partial charge in [-0.3, -0.25) is 9.59 Å². The van der Waals surface area contributed by atoms with Crippen LogP contribution in [0.25, 0.3) is 10.9 Å². The van der Waals surface area contributed by atoms with Gasteiger partial charge in [0.15, 0.2) is 0 Å². The average Bonchev–Trinajstić information content (AvgIpc) is 3.05. The first-order valence-electron chi connectivity index (χ1n) is 8.83. The highest BCUT2D eigenvalue weighted by Gasteiger charge is 2.11. The molecule has 0 fully saturated rings. The Labute approximate surface area is 162 Å². The van der Waals surface area contributed by atoms with E-state index >= 15 is 0 Å². The lowest BCUT2D eigenvalue weighted by Crippen LogP contribution is -2.17. The maximum absolute atomic E-state index is 12.2. The monoisotopic (exact) mass is 379 g/mol. The minimum atomic E-state index is -0.342.